The molecule has 0 unspecified atom stereocenters. The molecule has 0 aliphatic rings. The monoisotopic (exact) mass is 251 g/mol. The van der Waals surface area contributed by atoms with E-state index >= 15 is 0 Å². The number of halogens is 1. The number of nitrogens with zero attached hydrogens (tertiary/aromatic N) is 2. The molecule has 0 bridgehead atoms. The van der Waals surface area contributed by atoms with Crippen LogP contribution < -0.4 is 5.73 Å². The second-order valence-electron chi connectivity index (χ2n) is 2.75. The van der Waals surface area contributed by atoms with E-state index in [2.05, 4.69) is 25.9 Å². The van der Waals surface area contributed by atoms with Gasteiger partial charge in [0.25, 0.3) is 0 Å². The van der Waals surface area contributed by atoms with Gasteiger partial charge >= 0.3 is 0 Å². The topological polar surface area (TPSA) is 68.9 Å². The predicted octanol–water partition coefficient (Wildman–Crippen LogP) is 1.79. The molecule has 1 heterocycles. The highest BCUT2D eigenvalue weighted by atomic mass is 79.9. The summed E-state index contributed by atoms with van der Waals surface area (Å²) >= 11 is 3.31. The van der Waals surface area contributed by atoms with E-state index in [1.807, 2.05) is 6.07 Å². The highest BCUT2D eigenvalue weighted by Crippen LogP contribution is 2.20. The van der Waals surface area contributed by atoms with Crippen LogP contribution in [0, 0.1) is 0 Å². The zero-order valence-corrected chi connectivity index (χ0v) is 8.65. The SMILES string of the molecule is Nc1nc(C=O)c2cc(Br)ccc2n1. The highest BCUT2D eigenvalue weighted by molar-refractivity contribution is 9.10. The first-order chi connectivity index (χ1) is 6.70. The Balaban J connectivity index is 2.88. The molecule has 0 fully saturated rings. The number of fused-ring (bicyclic) bond motifs is 1. The van der Waals surface area contributed by atoms with Crippen molar-refractivity contribution < 1.29 is 4.79 Å². The molecule has 2 aromatic rings. The molecular formula is C9H6BrN3O. The lowest BCUT2D eigenvalue weighted by Crippen LogP contribution is -1.99. The predicted molar refractivity (Wildman–Crippen MR) is 57.0 cm³/mol. The lowest BCUT2D eigenvalue weighted by atomic mass is 10.2. The molecule has 70 valence electrons. The third-order valence-electron chi connectivity index (χ3n) is 1.82. The number of carbonyl (C=O) groups excluding carboxylic acids is 1. The van der Waals surface area contributed by atoms with Crippen LogP contribution in [0.5, 0.6) is 0 Å². The zero-order chi connectivity index (χ0) is 10.1. The van der Waals surface area contributed by atoms with E-state index in [1.165, 1.54) is 0 Å². The Morgan fingerprint density at radius 3 is 2.86 bits per heavy atom. The first-order valence-corrected chi connectivity index (χ1v) is 4.68. The second kappa shape index (κ2) is 3.34. The quantitative estimate of drug-likeness (QED) is 0.785. The fourth-order valence-electron chi connectivity index (χ4n) is 1.23. The molecule has 0 aliphatic carbocycles. The number of nitrogen functional groups attached to an aromatic ring is 1. The molecule has 0 saturated heterocycles. The Hall–Kier alpha value is -1.49. The van der Waals surface area contributed by atoms with E-state index in [4.69, 9.17) is 5.73 Å². The van der Waals surface area contributed by atoms with Crippen LogP contribution in [0.4, 0.5) is 5.95 Å². The van der Waals surface area contributed by atoms with Crippen LogP contribution in [0.15, 0.2) is 22.7 Å². The zero-order valence-electron chi connectivity index (χ0n) is 7.07. The summed E-state index contributed by atoms with van der Waals surface area (Å²) in [7, 11) is 0. The molecule has 0 saturated carbocycles. The van der Waals surface area contributed by atoms with Crippen LogP contribution in [0.3, 0.4) is 0 Å². The summed E-state index contributed by atoms with van der Waals surface area (Å²) in [5.74, 6) is 0.113. The maximum atomic E-state index is 10.7. The van der Waals surface area contributed by atoms with Gasteiger partial charge in [0.1, 0.15) is 5.69 Å². The van der Waals surface area contributed by atoms with Gasteiger partial charge in [0, 0.05) is 9.86 Å². The Bertz CT molecular complexity index is 513. The molecule has 0 amide bonds. The van der Waals surface area contributed by atoms with Crippen molar-refractivity contribution in [2.24, 2.45) is 0 Å². The van der Waals surface area contributed by atoms with Gasteiger partial charge in [0.05, 0.1) is 5.52 Å². The molecule has 1 aromatic heterocycles. The Labute approximate surface area is 88.3 Å². The van der Waals surface area contributed by atoms with Crippen LogP contribution in [0.25, 0.3) is 10.9 Å². The van der Waals surface area contributed by atoms with Crippen molar-refractivity contribution in [1.29, 1.82) is 0 Å². The summed E-state index contributed by atoms with van der Waals surface area (Å²) in [5, 5.41) is 0.698. The summed E-state index contributed by atoms with van der Waals surface area (Å²) in [4.78, 5) is 18.6. The summed E-state index contributed by atoms with van der Waals surface area (Å²) < 4.78 is 0.876. The number of hydrogen-bond acceptors (Lipinski definition) is 4. The number of rotatable bonds is 1. The van der Waals surface area contributed by atoms with Crippen LogP contribution >= 0.6 is 15.9 Å². The fourth-order valence-corrected chi connectivity index (χ4v) is 1.59. The summed E-state index contributed by atoms with van der Waals surface area (Å²) in [6.45, 7) is 0. The number of anilines is 1. The maximum absolute atomic E-state index is 10.7. The number of benzene rings is 1. The smallest absolute Gasteiger partial charge is 0.221 e. The van der Waals surface area contributed by atoms with Gasteiger partial charge in [-0.3, -0.25) is 4.79 Å². The summed E-state index contributed by atoms with van der Waals surface area (Å²) in [6.07, 6.45) is 0.673. The van der Waals surface area contributed by atoms with E-state index in [0.717, 1.165) is 4.47 Å². The number of nitrogens with two attached hydrogens (primary N) is 1. The number of hydrogen-bond donors (Lipinski definition) is 1. The lowest BCUT2D eigenvalue weighted by Gasteiger charge is -2.01. The third-order valence-corrected chi connectivity index (χ3v) is 2.31. The minimum absolute atomic E-state index is 0.113. The molecule has 1 aromatic carbocycles. The normalized spacial score (nSPS) is 10.4. The second-order valence-corrected chi connectivity index (χ2v) is 3.66. The average molecular weight is 252 g/mol. The molecule has 14 heavy (non-hydrogen) atoms. The minimum Gasteiger partial charge on any atom is -0.368 e. The first kappa shape index (κ1) is 9.08. The average Bonchev–Trinajstić information content (AvgIpc) is 2.17. The van der Waals surface area contributed by atoms with Gasteiger partial charge in [-0.05, 0) is 18.2 Å². The van der Waals surface area contributed by atoms with E-state index in [1.54, 1.807) is 12.1 Å². The van der Waals surface area contributed by atoms with E-state index < -0.39 is 0 Å². The number of carbonyl (C=O) groups is 1. The Morgan fingerprint density at radius 1 is 1.36 bits per heavy atom. The fraction of sp³-hybridized carbons (Fsp3) is 0. The molecule has 2 rings (SSSR count). The van der Waals surface area contributed by atoms with Gasteiger partial charge in [0.2, 0.25) is 5.95 Å². The Kier molecular flexibility index (Phi) is 2.17. The van der Waals surface area contributed by atoms with Gasteiger partial charge in [-0.15, -0.1) is 0 Å². The van der Waals surface area contributed by atoms with Crippen LogP contribution in [0.2, 0.25) is 0 Å². The molecule has 2 N–H and O–H groups in total. The van der Waals surface area contributed by atoms with Gasteiger partial charge in [-0.2, -0.15) is 0 Å². The van der Waals surface area contributed by atoms with Crippen molar-refractivity contribution in [2.75, 3.05) is 5.73 Å². The summed E-state index contributed by atoms with van der Waals surface area (Å²) in [5.41, 5.74) is 6.43. The number of aromatic nitrogens is 2. The minimum atomic E-state index is 0.113. The van der Waals surface area contributed by atoms with Gasteiger partial charge in [0.15, 0.2) is 6.29 Å². The first-order valence-electron chi connectivity index (χ1n) is 3.88. The highest BCUT2D eigenvalue weighted by Gasteiger charge is 2.05. The van der Waals surface area contributed by atoms with Gasteiger partial charge in [-0.25, -0.2) is 9.97 Å². The molecule has 0 radical (unpaired) electrons. The largest absolute Gasteiger partial charge is 0.368 e. The van der Waals surface area contributed by atoms with E-state index in [-0.39, 0.29) is 5.95 Å². The standard InChI is InChI=1S/C9H6BrN3O/c10-5-1-2-7-6(3-5)8(4-14)13-9(11)12-7/h1-4H,(H2,11,12,13). The van der Waals surface area contributed by atoms with E-state index in [9.17, 15) is 4.79 Å². The van der Waals surface area contributed by atoms with Gasteiger partial charge in [-0.1, -0.05) is 15.9 Å². The molecule has 0 spiro atoms. The lowest BCUT2D eigenvalue weighted by molar-refractivity contribution is 0.112. The maximum Gasteiger partial charge on any atom is 0.221 e. The Morgan fingerprint density at radius 2 is 2.14 bits per heavy atom. The molecule has 5 heteroatoms. The molecule has 4 nitrogen and oxygen atoms in total. The number of aldehydes is 1. The van der Waals surface area contributed by atoms with Gasteiger partial charge < -0.3 is 5.73 Å². The van der Waals surface area contributed by atoms with Crippen molar-refractivity contribution in [1.82, 2.24) is 9.97 Å². The molecular weight excluding hydrogens is 246 g/mol. The van der Waals surface area contributed by atoms with Crippen molar-refractivity contribution in [3.8, 4) is 0 Å². The van der Waals surface area contributed by atoms with Crippen LogP contribution in [0.1, 0.15) is 10.5 Å². The van der Waals surface area contributed by atoms with Crippen molar-refractivity contribution in [2.45, 2.75) is 0 Å². The van der Waals surface area contributed by atoms with E-state index in [0.29, 0.717) is 22.9 Å². The molecule has 0 aliphatic heterocycles. The van der Waals surface area contributed by atoms with Crippen LogP contribution in [-0.4, -0.2) is 16.3 Å². The van der Waals surface area contributed by atoms with Crippen molar-refractivity contribution in [3.63, 3.8) is 0 Å². The van der Waals surface area contributed by atoms with Crippen molar-refractivity contribution >= 4 is 39.1 Å². The van der Waals surface area contributed by atoms with Crippen LogP contribution in [-0.2, 0) is 0 Å². The van der Waals surface area contributed by atoms with Crippen molar-refractivity contribution in [3.05, 3.63) is 28.4 Å². The summed E-state index contributed by atoms with van der Waals surface area (Å²) in [6, 6.07) is 5.41. The third kappa shape index (κ3) is 1.46. The molecule has 0 atom stereocenters.